The second-order valence-electron chi connectivity index (χ2n) is 4.26. The lowest BCUT2D eigenvalue weighted by Gasteiger charge is -2.19. The number of ether oxygens (including phenoxy) is 2. The normalized spacial score (nSPS) is 14.2. The largest absolute Gasteiger partial charge is 0.493 e. The van der Waals surface area contributed by atoms with Gasteiger partial charge in [-0.05, 0) is 25.8 Å². The number of rotatable bonds is 8. The Morgan fingerprint density at radius 2 is 2.06 bits per heavy atom. The number of nitrogens with two attached hydrogens (primary N) is 1. The van der Waals surface area contributed by atoms with Gasteiger partial charge in [-0.2, -0.15) is 0 Å². The van der Waals surface area contributed by atoms with E-state index >= 15 is 0 Å². The van der Waals surface area contributed by atoms with Crippen LogP contribution in [0.2, 0.25) is 0 Å². The summed E-state index contributed by atoms with van der Waals surface area (Å²) in [4.78, 5) is 0. The summed E-state index contributed by atoms with van der Waals surface area (Å²) in [5.41, 5.74) is 6.74. The summed E-state index contributed by atoms with van der Waals surface area (Å²) in [7, 11) is 1.65. The molecule has 0 spiro atoms. The second kappa shape index (κ2) is 8.08. The van der Waals surface area contributed by atoms with E-state index in [0.29, 0.717) is 19.6 Å². The van der Waals surface area contributed by atoms with Gasteiger partial charge in [0, 0.05) is 25.3 Å². The lowest BCUT2D eigenvalue weighted by atomic mass is 10.00. The van der Waals surface area contributed by atoms with Gasteiger partial charge >= 0.3 is 0 Å². The van der Waals surface area contributed by atoms with E-state index in [1.165, 1.54) is 0 Å². The smallest absolute Gasteiger partial charge is 0.125 e. The predicted molar refractivity (Wildman–Crippen MR) is 71.7 cm³/mol. The van der Waals surface area contributed by atoms with Crippen LogP contribution in [0, 0.1) is 0 Å². The Balaban J connectivity index is 2.62. The van der Waals surface area contributed by atoms with E-state index in [4.69, 9.17) is 15.2 Å². The van der Waals surface area contributed by atoms with E-state index in [1.54, 1.807) is 7.11 Å². The van der Waals surface area contributed by atoms with Gasteiger partial charge in [0.1, 0.15) is 5.75 Å². The third-order valence-corrected chi connectivity index (χ3v) is 2.80. The maximum Gasteiger partial charge on any atom is 0.125 e. The van der Waals surface area contributed by atoms with Gasteiger partial charge < -0.3 is 20.3 Å². The predicted octanol–water partition coefficient (Wildman–Crippen LogP) is 1.87. The number of para-hydroxylation sites is 1. The maximum absolute atomic E-state index is 10.2. The standard InChI is InChI=1S/C14H23NO3/c1-3-18-14-7-5-4-6-12(14)13(16)10-11(15)8-9-17-2/h4-7,11,13,16H,3,8-10,15H2,1-2H3. The van der Waals surface area contributed by atoms with Crippen LogP contribution in [0.25, 0.3) is 0 Å². The molecule has 1 aromatic rings. The van der Waals surface area contributed by atoms with Crippen molar-refractivity contribution >= 4 is 0 Å². The molecule has 1 aromatic carbocycles. The molecule has 0 radical (unpaired) electrons. The Kier molecular flexibility index (Phi) is 6.72. The molecule has 4 heteroatoms. The molecule has 0 heterocycles. The molecule has 3 N–H and O–H groups in total. The number of methoxy groups -OCH3 is 1. The minimum atomic E-state index is -0.598. The van der Waals surface area contributed by atoms with Crippen molar-refractivity contribution in [3.63, 3.8) is 0 Å². The Morgan fingerprint density at radius 1 is 1.33 bits per heavy atom. The molecule has 0 saturated heterocycles. The molecule has 18 heavy (non-hydrogen) atoms. The minimum Gasteiger partial charge on any atom is -0.493 e. The number of hydrogen-bond acceptors (Lipinski definition) is 4. The van der Waals surface area contributed by atoms with Crippen LogP contribution in [-0.4, -0.2) is 31.5 Å². The van der Waals surface area contributed by atoms with Crippen molar-refractivity contribution in [1.82, 2.24) is 0 Å². The molecular formula is C14H23NO3. The van der Waals surface area contributed by atoms with Crippen LogP contribution in [0.15, 0.2) is 24.3 Å². The monoisotopic (exact) mass is 253 g/mol. The first kappa shape index (κ1) is 15.0. The fourth-order valence-corrected chi connectivity index (χ4v) is 1.84. The molecule has 0 bridgehead atoms. The van der Waals surface area contributed by atoms with Crippen LogP contribution in [0.1, 0.15) is 31.4 Å². The molecule has 0 aliphatic carbocycles. The summed E-state index contributed by atoms with van der Waals surface area (Å²) in [6.07, 6.45) is 0.650. The Hall–Kier alpha value is -1.10. The van der Waals surface area contributed by atoms with E-state index in [9.17, 15) is 5.11 Å². The van der Waals surface area contributed by atoms with Crippen LogP contribution in [0.4, 0.5) is 0 Å². The average molecular weight is 253 g/mol. The van der Waals surface area contributed by atoms with Gasteiger partial charge in [0.25, 0.3) is 0 Å². The highest BCUT2D eigenvalue weighted by Gasteiger charge is 2.16. The first-order valence-corrected chi connectivity index (χ1v) is 6.33. The summed E-state index contributed by atoms with van der Waals surface area (Å²) >= 11 is 0. The second-order valence-corrected chi connectivity index (χ2v) is 4.26. The average Bonchev–Trinajstić information content (AvgIpc) is 2.37. The van der Waals surface area contributed by atoms with Crippen LogP contribution in [0.3, 0.4) is 0 Å². The minimum absolute atomic E-state index is 0.0744. The van der Waals surface area contributed by atoms with E-state index in [2.05, 4.69) is 0 Å². The summed E-state index contributed by atoms with van der Waals surface area (Å²) in [6.45, 7) is 3.12. The van der Waals surface area contributed by atoms with Gasteiger partial charge in [-0.25, -0.2) is 0 Å². The highest BCUT2D eigenvalue weighted by molar-refractivity contribution is 5.35. The van der Waals surface area contributed by atoms with E-state index in [0.717, 1.165) is 17.7 Å². The van der Waals surface area contributed by atoms with Gasteiger partial charge in [0.15, 0.2) is 0 Å². The zero-order valence-electron chi connectivity index (χ0n) is 11.1. The Bertz CT molecular complexity index is 344. The van der Waals surface area contributed by atoms with Crippen LogP contribution in [0.5, 0.6) is 5.75 Å². The van der Waals surface area contributed by atoms with E-state index < -0.39 is 6.10 Å². The lowest BCUT2D eigenvalue weighted by Crippen LogP contribution is -2.24. The van der Waals surface area contributed by atoms with Crippen LogP contribution in [-0.2, 0) is 4.74 Å². The molecular weight excluding hydrogens is 230 g/mol. The zero-order chi connectivity index (χ0) is 13.4. The maximum atomic E-state index is 10.2. The number of benzene rings is 1. The molecule has 0 amide bonds. The molecule has 0 fully saturated rings. The summed E-state index contributed by atoms with van der Waals surface area (Å²) < 4.78 is 10.5. The van der Waals surface area contributed by atoms with E-state index in [-0.39, 0.29) is 6.04 Å². The van der Waals surface area contributed by atoms with Crippen LogP contribution < -0.4 is 10.5 Å². The van der Waals surface area contributed by atoms with Gasteiger partial charge in [-0.15, -0.1) is 0 Å². The van der Waals surface area contributed by atoms with Crippen molar-refractivity contribution < 1.29 is 14.6 Å². The number of aliphatic hydroxyl groups excluding tert-OH is 1. The van der Waals surface area contributed by atoms with Gasteiger partial charge in [-0.1, -0.05) is 18.2 Å². The quantitative estimate of drug-likeness (QED) is 0.742. The molecule has 1 rings (SSSR count). The zero-order valence-corrected chi connectivity index (χ0v) is 11.1. The molecule has 0 aromatic heterocycles. The van der Waals surface area contributed by atoms with Gasteiger partial charge in [0.05, 0.1) is 12.7 Å². The van der Waals surface area contributed by atoms with Crippen molar-refractivity contribution in [2.24, 2.45) is 5.73 Å². The summed E-state index contributed by atoms with van der Waals surface area (Å²) in [5.74, 6) is 0.728. The summed E-state index contributed by atoms with van der Waals surface area (Å²) in [6, 6.07) is 7.45. The molecule has 0 aliphatic heterocycles. The van der Waals surface area contributed by atoms with Gasteiger partial charge in [0.2, 0.25) is 0 Å². The highest BCUT2D eigenvalue weighted by Crippen LogP contribution is 2.28. The molecule has 2 atom stereocenters. The Morgan fingerprint density at radius 3 is 2.72 bits per heavy atom. The molecule has 2 unspecified atom stereocenters. The first-order chi connectivity index (χ1) is 8.69. The van der Waals surface area contributed by atoms with Gasteiger partial charge in [-0.3, -0.25) is 0 Å². The fraction of sp³-hybridized carbons (Fsp3) is 0.571. The van der Waals surface area contributed by atoms with Crippen molar-refractivity contribution in [2.75, 3.05) is 20.3 Å². The van der Waals surface area contributed by atoms with E-state index in [1.807, 2.05) is 31.2 Å². The molecule has 0 saturated carbocycles. The molecule has 102 valence electrons. The van der Waals surface area contributed by atoms with Crippen molar-refractivity contribution in [1.29, 1.82) is 0 Å². The van der Waals surface area contributed by atoms with Crippen molar-refractivity contribution in [2.45, 2.75) is 31.9 Å². The SMILES string of the molecule is CCOc1ccccc1C(O)CC(N)CCOC. The summed E-state index contributed by atoms with van der Waals surface area (Å²) in [5, 5.41) is 10.2. The Labute approximate surface area is 109 Å². The third kappa shape index (κ3) is 4.64. The lowest BCUT2D eigenvalue weighted by molar-refractivity contribution is 0.138. The first-order valence-electron chi connectivity index (χ1n) is 6.33. The van der Waals surface area contributed by atoms with Crippen molar-refractivity contribution in [3.8, 4) is 5.75 Å². The highest BCUT2D eigenvalue weighted by atomic mass is 16.5. The van der Waals surface area contributed by atoms with Crippen LogP contribution >= 0.6 is 0 Å². The molecule has 4 nitrogen and oxygen atoms in total. The number of hydrogen-bond donors (Lipinski definition) is 2. The van der Waals surface area contributed by atoms with Crippen molar-refractivity contribution in [3.05, 3.63) is 29.8 Å². The molecule has 0 aliphatic rings. The topological polar surface area (TPSA) is 64.7 Å². The number of aliphatic hydroxyl groups is 1. The third-order valence-electron chi connectivity index (χ3n) is 2.80. The fourth-order valence-electron chi connectivity index (χ4n) is 1.84.